The van der Waals surface area contributed by atoms with Crippen molar-refractivity contribution in [3.8, 4) is 6.57 Å². The minimum atomic E-state index is -4.68. The Morgan fingerprint density at radius 3 is 2.32 bits per heavy atom. The summed E-state index contributed by atoms with van der Waals surface area (Å²) < 4.78 is 61.9. The maximum atomic E-state index is 14.4. The molecule has 3 amide bonds. The minimum absolute atomic E-state index is 0.134. The lowest BCUT2D eigenvalue weighted by molar-refractivity contribution is -0.137. The molecule has 1 N–H and O–H groups in total. The van der Waals surface area contributed by atoms with Gasteiger partial charge in [-0.1, -0.05) is 25.1 Å². The van der Waals surface area contributed by atoms with Crippen molar-refractivity contribution in [3.05, 3.63) is 82.3 Å². The number of amides is 3. The molecule has 268 valence electrons. The van der Waals surface area contributed by atoms with E-state index in [1.165, 1.54) is 35.2 Å². The second kappa shape index (κ2) is 16.5. The monoisotopic (exact) mass is 716 g/mol. The molecular weight excluding hydrogens is 676 g/mol. The number of nitriles is 1. The Balaban J connectivity index is 0.00000136. The number of rotatable bonds is 6. The number of carbonyl (C=O) groups excluding carboxylic acids is 3. The van der Waals surface area contributed by atoms with Gasteiger partial charge in [0, 0.05) is 56.5 Å². The fourth-order valence-electron chi connectivity index (χ4n) is 6.73. The molecule has 0 bridgehead atoms. The molecule has 3 aromatic rings. The van der Waals surface area contributed by atoms with E-state index in [1.54, 1.807) is 22.8 Å². The lowest BCUT2D eigenvalue weighted by Crippen LogP contribution is -2.56. The maximum Gasteiger partial charge on any atom is 0.416 e. The van der Waals surface area contributed by atoms with Crippen LogP contribution in [-0.2, 0) is 15.7 Å². The third-order valence-electron chi connectivity index (χ3n) is 9.09. The topological polar surface area (TPSA) is 121 Å². The van der Waals surface area contributed by atoms with Gasteiger partial charge in [0.2, 0.25) is 0 Å². The van der Waals surface area contributed by atoms with Crippen LogP contribution in [0.4, 0.5) is 23.4 Å². The molecule has 1 aromatic heterocycles. The fraction of sp³-hybridized carbons (Fsp3) is 0.457. The number of anilines is 1. The van der Waals surface area contributed by atoms with Gasteiger partial charge in [0.15, 0.2) is 5.69 Å². The number of nitrogens with zero attached hydrogens (tertiary/aromatic N) is 5. The highest BCUT2D eigenvalue weighted by atomic mass is 32.1. The summed E-state index contributed by atoms with van der Waals surface area (Å²) in [5.41, 5.74) is -0.299. The van der Waals surface area contributed by atoms with Gasteiger partial charge in [0.05, 0.1) is 11.6 Å². The van der Waals surface area contributed by atoms with Crippen molar-refractivity contribution in [2.75, 3.05) is 44.0 Å². The van der Waals surface area contributed by atoms with Crippen molar-refractivity contribution in [1.82, 2.24) is 20.0 Å². The number of likely N-dealkylation sites (N-methyl/N-ethyl adjacent to an activating group) is 1. The second-order valence-electron chi connectivity index (χ2n) is 12.2. The summed E-state index contributed by atoms with van der Waals surface area (Å²) >= 11 is 3.53. The summed E-state index contributed by atoms with van der Waals surface area (Å²) in [6.07, 6.45) is -0.954. The Bertz CT molecular complexity index is 1690. The summed E-state index contributed by atoms with van der Waals surface area (Å²) in [7, 11) is 0. The quantitative estimate of drug-likeness (QED) is 0.244. The number of alkyl halides is 3. The molecule has 50 heavy (non-hydrogen) atoms. The van der Waals surface area contributed by atoms with Gasteiger partial charge >= 0.3 is 6.18 Å². The van der Waals surface area contributed by atoms with Crippen LogP contribution in [0.25, 0.3) is 0 Å². The smallest absolute Gasteiger partial charge is 0.381 e. The summed E-state index contributed by atoms with van der Waals surface area (Å²) in [5.74, 6) is -2.53. The second-order valence-corrected chi connectivity index (χ2v) is 12.2. The van der Waals surface area contributed by atoms with Crippen LogP contribution >= 0.6 is 12.6 Å². The van der Waals surface area contributed by atoms with E-state index in [-0.39, 0.29) is 29.8 Å². The molecule has 0 radical (unpaired) electrons. The zero-order chi connectivity index (χ0) is 36.7. The number of fused-ring (bicyclic) bond motifs is 1. The van der Waals surface area contributed by atoms with Crippen LogP contribution in [0.15, 0.2) is 48.5 Å². The van der Waals surface area contributed by atoms with Crippen molar-refractivity contribution in [2.45, 2.75) is 57.3 Å². The molecule has 3 atom stereocenters. The molecule has 0 spiro atoms. The average Bonchev–Trinajstić information content (AvgIpc) is 3.75. The van der Waals surface area contributed by atoms with Gasteiger partial charge in [0.1, 0.15) is 17.7 Å². The zero-order valence-electron chi connectivity index (χ0n) is 28.0. The Hall–Kier alpha value is -4.42. The highest BCUT2D eigenvalue weighted by Gasteiger charge is 2.48. The number of likely N-dealkylation sites (tertiary alicyclic amines) is 1. The number of hydrogen-bond acceptors (Lipinski definition) is 7. The number of hydrogen-bond donors (Lipinski definition) is 2. The van der Waals surface area contributed by atoms with Gasteiger partial charge in [-0.3, -0.25) is 19.3 Å². The number of carbonyl (C=O) groups is 3. The molecule has 3 unspecified atom stereocenters. The van der Waals surface area contributed by atoms with Gasteiger partial charge in [-0.05, 0) is 74.3 Å². The average molecular weight is 717 g/mol. The summed E-state index contributed by atoms with van der Waals surface area (Å²) in [6.45, 7) is 9.50. The summed E-state index contributed by atoms with van der Waals surface area (Å²) in [5, 5.41) is 14.1. The largest absolute Gasteiger partial charge is 0.416 e. The van der Waals surface area contributed by atoms with Crippen LogP contribution in [0.3, 0.4) is 0 Å². The molecule has 0 aliphatic carbocycles. The molecule has 2 saturated heterocycles. The molecule has 2 fully saturated rings. The van der Waals surface area contributed by atoms with E-state index >= 15 is 0 Å². The summed E-state index contributed by atoms with van der Waals surface area (Å²) in [4.78, 5) is 45.4. The molecule has 2 aromatic carbocycles. The van der Waals surface area contributed by atoms with Crippen LogP contribution in [0, 0.1) is 23.6 Å². The summed E-state index contributed by atoms with van der Waals surface area (Å²) in [6, 6.07) is 7.86. The first-order valence-electron chi connectivity index (χ1n) is 16.2. The van der Waals surface area contributed by atoms with Gasteiger partial charge < -0.3 is 15.0 Å². The van der Waals surface area contributed by atoms with Crippen molar-refractivity contribution in [2.24, 2.45) is 5.92 Å². The van der Waals surface area contributed by atoms with Crippen molar-refractivity contribution >= 4 is 36.2 Å². The molecule has 4 heterocycles. The number of thiol groups is 1. The molecule has 3 aliphatic heterocycles. The molecule has 3 aliphatic rings. The molecule has 6 rings (SSSR count). The zero-order valence-corrected chi connectivity index (χ0v) is 28.9. The van der Waals surface area contributed by atoms with Crippen molar-refractivity contribution < 1.29 is 36.7 Å². The molecule has 0 saturated carbocycles. The maximum absolute atomic E-state index is 14.4. The standard InChI is InChI=1S/C33H35F4N5O4.CHN.CH4S/c1-3-41-30-26(28(31(44)40-14-11-19(2)18-40)39-42(30)24-12-15-46-16-13-24)25(20-7-9-23(34)10-8-20)27(32(41)45)38-29(43)21-5-4-6-22(17-21)33(35,36)37;2*1-2/h4-10,17,19,24-25,27H,3,11-16,18H2,1-2H3,(H,38,43);1H;2H,1H3. The Morgan fingerprint density at radius 1 is 1.08 bits per heavy atom. The first-order valence-corrected chi connectivity index (χ1v) is 17.1. The van der Waals surface area contributed by atoms with Crippen molar-refractivity contribution in [1.29, 1.82) is 5.26 Å². The van der Waals surface area contributed by atoms with E-state index in [4.69, 9.17) is 15.1 Å². The van der Waals surface area contributed by atoms with Crippen LogP contribution in [0.1, 0.15) is 82.6 Å². The first-order chi connectivity index (χ1) is 24.0. The Labute approximate surface area is 293 Å². The number of benzene rings is 2. The Morgan fingerprint density at radius 2 is 1.74 bits per heavy atom. The molecular formula is C35H40F4N6O4S. The first kappa shape index (κ1) is 38.4. The molecule has 10 nitrogen and oxygen atoms in total. The number of nitrogens with one attached hydrogen (secondary N) is 1. The van der Waals surface area contributed by atoms with E-state index in [0.29, 0.717) is 62.0 Å². The van der Waals surface area contributed by atoms with Crippen LogP contribution in [-0.4, -0.2) is 77.5 Å². The van der Waals surface area contributed by atoms with E-state index in [9.17, 15) is 31.9 Å². The third kappa shape index (κ3) is 7.81. The predicted octanol–water partition coefficient (Wildman–Crippen LogP) is 5.86. The SMILES string of the molecule is C#N.CCN1C(=O)C(NC(=O)c2cccc(C(F)(F)F)c2)C(c2ccc(F)cc2)c2c(C(=O)N3CCC(C)C3)nn(C3CCOCC3)c21.CS. The number of ether oxygens (including phenoxy) is 1. The van der Waals surface area contributed by atoms with Crippen LogP contribution < -0.4 is 10.2 Å². The third-order valence-corrected chi connectivity index (χ3v) is 9.09. The highest BCUT2D eigenvalue weighted by molar-refractivity contribution is 7.79. The van der Waals surface area contributed by atoms with Crippen molar-refractivity contribution in [3.63, 3.8) is 0 Å². The van der Waals surface area contributed by atoms with Gasteiger partial charge in [-0.25, -0.2) is 14.3 Å². The normalized spacial score (nSPS) is 20.6. The lowest BCUT2D eigenvalue weighted by Gasteiger charge is -2.39. The highest BCUT2D eigenvalue weighted by Crippen LogP contribution is 2.45. The molecule has 15 heteroatoms. The van der Waals surface area contributed by atoms with Gasteiger partial charge in [-0.2, -0.15) is 30.9 Å². The van der Waals surface area contributed by atoms with Gasteiger partial charge in [-0.15, -0.1) is 0 Å². The van der Waals surface area contributed by atoms with E-state index in [1.807, 2.05) is 0 Å². The lowest BCUT2D eigenvalue weighted by atomic mass is 9.80. The number of aromatic nitrogens is 2. The van der Waals surface area contributed by atoms with E-state index in [0.717, 1.165) is 24.6 Å². The Kier molecular flexibility index (Phi) is 12.7. The number of halogens is 4. The van der Waals surface area contributed by atoms with Gasteiger partial charge in [0.25, 0.3) is 17.7 Å². The van der Waals surface area contributed by atoms with E-state index in [2.05, 4.69) is 31.4 Å². The van der Waals surface area contributed by atoms with Crippen LogP contribution in [0.2, 0.25) is 0 Å². The fourth-order valence-corrected chi connectivity index (χ4v) is 6.73. The van der Waals surface area contributed by atoms with Crippen LogP contribution in [0.5, 0.6) is 0 Å². The van der Waals surface area contributed by atoms with E-state index < -0.39 is 41.3 Å². The minimum Gasteiger partial charge on any atom is -0.381 e. The predicted molar refractivity (Wildman–Crippen MR) is 182 cm³/mol.